The van der Waals surface area contributed by atoms with Gasteiger partial charge in [-0.15, -0.1) is 0 Å². The highest BCUT2D eigenvalue weighted by molar-refractivity contribution is 9.10. The van der Waals surface area contributed by atoms with Crippen molar-refractivity contribution in [2.24, 2.45) is 0 Å². The number of benzene rings is 1. The molecule has 0 unspecified atom stereocenters. The SMILES string of the molecule is COc1ccc(Br)cc1S(=O)(=O)N1CCN(c2ccccn2)CC1. The second kappa shape index (κ2) is 7.08. The summed E-state index contributed by atoms with van der Waals surface area (Å²) in [6.07, 6.45) is 1.74. The van der Waals surface area contributed by atoms with E-state index >= 15 is 0 Å². The Balaban J connectivity index is 1.79. The van der Waals surface area contributed by atoms with E-state index in [-0.39, 0.29) is 4.90 Å². The number of aromatic nitrogens is 1. The number of ether oxygens (including phenoxy) is 1. The molecule has 0 aliphatic carbocycles. The number of nitrogens with zero attached hydrogens (tertiary/aromatic N) is 3. The number of sulfonamides is 1. The first-order valence-corrected chi connectivity index (χ1v) is 9.75. The smallest absolute Gasteiger partial charge is 0.246 e. The van der Waals surface area contributed by atoms with Crippen molar-refractivity contribution in [2.75, 3.05) is 38.2 Å². The molecule has 0 N–H and O–H groups in total. The van der Waals surface area contributed by atoms with Crippen molar-refractivity contribution in [2.45, 2.75) is 4.90 Å². The molecule has 6 nitrogen and oxygen atoms in total. The van der Waals surface area contributed by atoms with Crippen LogP contribution in [-0.2, 0) is 10.0 Å². The zero-order valence-electron chi connectivity index (χ0n) is 13.2. The highest BCUT2D eigenvalue weighted by Gasteiger charge is 2.31. The molecule has 1 aliphatic heterocycles. The standard InChI is InChI=1S/C16H18BrN3O3S/c1-23-14-6-5-13(17)12-15(14)24(21,22)20-10-8-19(9-11-20)16-4-2-3-7-18-16/h2-7,12H,8-11H2,1H3. The molecule has 0 atom stereocenters. The van der Waals surface area contributed by atoms with Crippen LogP contribution in [0.25, 0.3) is 0 Å². The Morgan fingerprint density at radius 1 is 1.12 bits per heavy atom. The molecule has 2 heterocycles. The van der Waals surface area contributed by atoms with Crippen LogP contribution in [0.2, 0.25) is 0 Å². The van der Waals surface area contributed by atoms with Crippen LogP contribution in [0.15, 0.2) is 52.0 Å². The average Bonchev–Trinajstić information content (AvgIpc) is 2.62. The first-order chi connectivity index (χ1) is 11.5. The molecule has 1 aromatic carbocycles. The van der Waals surface area contributed by atoms with Crippen molar-refractivity contribution in [3.63, 3.8) is 0 Å². The number of pyridine rings is 1. The van der Waals surface area contributed by atoms with Crippen molar-refractivity contribution in [1.82, 2.24) is 9.29 Å². The number of anilines is 1. The van der Waals surface area contributed by atoms with Crippen molar-refractivity contribution in [1.29, 1.82) is 0 Å². The zero-order valence-corrected chi connectivity index (χ0v) is 15.6. The van der Waals surface area contributed by atoms with Gasteiger partial charge in [0.25, 0.3) is 0 Å². The molecule has 1 aromatic heterocycles. The topological polar surface area (TPSA) is 62.7 Å². The maximum Gasteiger partial charge on any atom is 0.246 e. The molecule has 0 radical (unpaired) electrons. The lowest BCUT2D eigenvalue weighted by Gasteiger charge is -2.34. The molecule has 0 amide bonds. The van der Waals surface area contributed by atoms with Crippen molar-refractivity contribution >= 4 is 31.8 Å². The minimum absolute atomic E-state index is 0.186. The minimum atomic E-state index is -3.60. The van der Waals surface area contributed by atoms with Gasteiger partial charge in [-0.3, -0.25) is 0 Å². The maximum absolute atomic E-state index is 13.0. The van der Waals surface area contributed by atoms with E-state index in [9.17, 15) is 8.42 Å². The summed E-state index contributed by atoms with van der Waals surface area (Å²) in [4.78, 5) is 6.59. The molecular weight excluding hydrogens is 394 g/mol. The first-order valence-electron chi connectivity index (χ1n) is 7.52. The van der Waals surface area contributed by atoms with Crippen LogP contribution in [0.5, 0.6) is 5.75 Å². The molecule has 2 aromatic rings. The summed E-state index contributed by atoms with van der Waals surface area (Å²) in [5.41, 5.74) is 0. The Morgan fingerprint density at radius 2 is 1.88 bits per heavy atom. The normalized spacial score (nSPS) is 16.2. The van der Waals surface area contributed by atoms with Gasteiger partial charge < -0.3 is 9.64 Å². The van der Waals surface area contributed by atoms with E-state index in [1.54, 1.807) is 24.4 Å². The Morgan fingerprint density at radius 3 is 2.50 bits per heavy atom. The van der Waals surface area contributed by atoms with Gasteiger partial charge in [0.2, 0.25) is 10.0 Å². The minimum Gasteiger partial charge on any atom is -0.495 e. The summed E-state index contributed by atoms with van der Waals surface area (Å²) < 4.78 is 33.3. The lowest BCUT2D eigenvalue weighted by Crippen LogP contribution is -2.48. The molecule has 3 rings (SSSR count). The predicted octanol–water partition coefficient (Wildman–Crippen LogP) is 2.36. The van der Waals surface area contributed by atoms with E-state index in [0.717, 1.165) is 5.82 Å². The van der Waals surface area contributed by atoms with E-state index in [2.05, 4.69) is 25.8 Å². The Hall–Kier alpha value is -1.64. The largest absolute Gasteiger partial charge is 0.495 e. The van der Waals surface area contributed by atoms with Crippen LogP contribution >= 0.6 is 15.9 Å². The summed E-state index contributed by atoms with van der Waals surface area (Å²) in [5.74, 6) is 1.22. The number of hydrogen-bond acceptors (Lipinski definition) is 5. The molecule has 0 spiro atoms. The average molecular weight is 412 g/mol. The molecule has 1 saturated heterocycles. The van der Waals surface area contributed by atoms with Gasteiger partial charge in [0.1, 0.15) is 16.5 Å². The van der Waals surface area contributed by atoms with Crippen LogP contribution in [0, 0.1) is 0 Å². The van der Waals surface area contributed by atoms with Gasteiger partial charge in [0.15, 0.2) is 0 Å². The van der Waals surface area contributed by atoms with Gasteiger partial charge in [-0.2, -0.15) is 4.31 Å². The third-order valence-corrected chi connectivity index (χ3v) is 6.37. The number of hydrogen-bond donors (Lipinski definition) is 0. The lowest BCUT2D eigenvalue weighted by atomic mass is 10.3. The molecule has 8 heteroatoms. The zero-order chi connectivity index (χ0) is 17.2. The van der Waals surface area contributed by atoms with Crippen molar-refractivity contribution < 1.29 is 13.2 Å². The lowest BCUT2D eigenvalue weighted by molar-refractivity contribution is 0.373. The molecule has 24 heavy (non-hydrogen) atoms. The quantitative estimate of drug-likeness (QED) is 0.772. The first kappa shape index (κ1) is 17.2. The molecule has 128 valence electrons. The summed E-state index contributed by atoms with van der Waals surface area (Å²) in [5, 5.41) is 0. The predicted molar refractivity (Wildman–Crippen MR) is 95.9 cm³/mol. The Kier molecular flexibility index (Phi) is 5.07. The third-order valence-electron chi connectivity index (χ3n) is 3.96. The summed E-state index contributed by atoms with van der Waals surface area (Å²) >= 11 is 3.33. The molecule has 1 aliphatic rings. The number of piperazine rings is 1. The van der Waals surface area contributed by atoms with Crippen LogP contribution in [0.3, 0.4) is 0 Å². The fraction of sp³-hybridized carbons (Fsp3) is 0.312. The number of methoxy groups -OCH3 is 1. The van der Waals surface area contributed by atoms with Gasteiger partial charge in [-0.05, 0) is 30.3 Å². The van der Waals surface area contributed by atoms with E-state index in [0.29, 0.717) is 36.4 Å². The molecular formula is C16H18BrN3O3S. The van der Waals surface area contributed by atoms with Crippen molar-refractivity contribution in [3.05, 3.63) is 47.1 Å². The van der Waals surface area contributed by atoms with E-state index in [1.165, 1.54) is 11.4 Å². The third kappa shape index (κ3) is 3.40. The van der Waals surface area contributed by atoms with E-state index in [1.807, 2.05) is 18.2 Å². The van der Waals surface area contributed by atoms with Gasteiger partial charge in [-0.25, -0.2) is 13.4 Å². The summed E-state index contributed by atoms with van der Waals surface area (Å²) in [6, 6.07) is 10.7. The van der Waals surface area contributed by atoms with E-state index < -0.39 is 10.0 Å². The van der Waals surface area contributed by atoms with Crippen LogP contribution in [0.4, 0.5) is 5.82 Å². The summed E-state index contributed by atoms with van der Waals surface area (Å²) in [7, 11) is -2.13. The maximum atomic E-state index is 13.0. The van der Waals surface area contributed by atoms with Gasteiger partial charge in [0.05, 0.1) is 7.11 Å². The molecule has 0 saturated carbocycles. The van der Waals surface area contributed by atoms with Gasteiger partial charge in [0, 0.05) is 36.8 Å². The number of rotatable bonds is 4. The monoisotopic (exact) mass is 411 g/mol. The fourth-order valence-electron chi connectivity index (χ4n) is 2.69. The second-order valence-corrected chi connectivity index (χ2v) is 8.20. The summed E-state index contributed by atoms with van der Waals surface area (Å²) in [6.45, 7) is 2.03. The van der Waals surface area contributed by atoms with E-state index in [4.69, 9.17) is 4.74 Å². The molecule has 0 bridgehead atoms. The highest BCUT2D eigenvalue weighted by atomic mass is 79.9. The Labute approximate surface area is 150 Å². The fourth-order valence-corrected chi connectivity index (χ4v) is 4.81. The van der Waals surface area contributed by atoms with Crippen molar-refractivity contribution in [3.8, 4) is 5.75 Å². The van der Waals surface area contributed by atoms with Gasteiger partial charge in [-0.1, -0.05) is 22.0 Å². The van der Waals surface area contributed by atoms with Crippen LogP contribution < -0.4 is 9.64 Å². The van der Waals surface area contributed by atoms with Gasteiger partial charge >= 0.3 is 0 Å². The molecule has 1 fully saturated rings. The highest BCUT2D eigenvalue weighted by Crippen LogP contribution is 2.30. The number of halogens is 1. The Bertz CT molecular complexity index is 807. The van der Waals surface area contributed by atoms with Crippen LogP contribution in [0.1, 0.15) is 0 Å². The van der Waals surface area contributed by atoms with Crippen LogP contribution in [-0.4, -0.2) is 51.0 Å². The second-order valence-electron chi connectivity index (χ2n) is 5.37.